The van der Waals surface area contributed by atoms with Crippen LogP contribution in [0.1, 0.15) is 110 Å². The van der Waals surface area contributed by atoms with Crippen LogP contribution < -0.4 is 26.9 Å². The van der Waals surface area contributed by atoms with Gasteiger partial charge in [-0.2, -0.15) is 0 Å². The van der Waals surface area contributed by atoms with Gasteiger partial charge in [-0.3, -0.25) is 0 Å². The number of amides is 1. The molecule has 0 saturated carbocycles. The number of alkyl carbamates (subject to hydrolysis) is 1. The minimum Gasteiger partial charge on any atom is -1.00 e. The molecule has 40 heavy (non-hydrogen) atoms. The molecule has 1 amide bonds. The third kappa shape index (κ3) is 24.0. The molecule has 1 heterocycles. The molecule has 232 valence electrons. The molecule has 0 spiro atoms. The number of hydrogen-bond donors (Lipinski definition) is 1. The van der Waals surface area contributed by atoms with Gasteiger partial charge in [-0.05, 0) is 6.42 Å². The highest BCUT2D eigenvalue weighted by Gasteiger charge is 2.17. The first-order valence-corrected chi connectivity index (χ1v) is 15.4. The van der Waals surface area contributed by atoms with Crippen LogP contribution >= 0.6 is 0 Å². The van der Waals surface area contributed by atoms with Crippen LogP contribution in [0.25, 0.3) is 0 Å². The summed E-state index contributed by atoms with van der Waals surface area (Å²) < 4.78 is 23.0. The van der Waals surface area contributed by atoms with E-state index in [2.05, 4.69) is 12.2 Å². The molecule has 0 radical (unpaired) electrons. The number of ether oxygens (including phenoxy) is 4. The van der Waals surface area contributed by atoms with E-state index in [-0.39, 0.29) is 36.8 Å². The van der Waals surface area contributed by atoms with Crippen LogP contribution in [0.5, 0.6) is 0 Å². The summed E-state index contributed by atoms with van der Waals surface area (Å²) in [6.45, 7) is 3.61. The van der Waals surface area contributed by atoms with Crippen LogP contribution in [-0.2, 0) is 25.5 Å². The van der Waals surface area contributed by atoms with E-state index in [0.29, 0.717) is 13.2 Å². The lowest BCUT2D eigenvalue weighted by atomic mass is 10.0. The van der Waals surface area contributed by atoms with Gasteiger partial charge in [-0.1, -0.05) is 109 Å². The summed E-state index contributed by atoms with van der Waals surface area (Å²) in [4.78, 5) is 23.5. The predicted octanol–water partition coefficient (Wildman–Crippen LogP) is 4.13. The molecule has 0 bridgehead atoms. The second-order valence-electron chi connectivity index (χ2n) is 10.2. The Bertz CT molecular complexity index is 710. The monoisotopic (exact) mass is 630 g/mol. The average molecular weight is 632 g/mol. The SMILES string of the molecule is CCCCCCCCCCCCCCCCCCOC[C@@H](COC(=O)OCC[n+]1ccccc1)OC(=O)NC.[Br-]. The fraction of sp³-hybridized carbons (Fsp3) is 0.774. The lowest BCUT2D eigenvalue weighted by Gasteiger charge is -2.17. The zero-order chi connectivity index (χ0) is 28.2. The summed E-state index contributed by atoms with van der Waals surface area (Å²) in [6, 6.07) is 5.72. The molecule has 0 unspecified atom stereocenters. The van der Waals surface area contributed by atoms with Crippen molar-refractivity contribution in [1.82, 2.24) is 5.32 Å². The van der Waals surface area contributed by atoms with Crippen molar-refractivity contribution in [2.24, 2.45) is 0 Å². The Morgan fingerprint density at radius 1 is 0.700 bits per heavy atom. The Labute approximate surface area is 253 Å². The first kappa shape index (κ1) is 38.1. The summed E-state index contributed by atoms with van der Waals surface area (Å²) in [6.07, 6.45) is 22.9. The van der Waals surface area contributed by atoms with Crippen LogP contribution in [0.2, 0.25) is 0 Å². The Hall–Kier alpha value is -1.87. The molecule has 1 rings (SSSR count). The molecular formula is C31H55BrN2O6. The smallest absolute Gasteiger partial charge is 0.508 e. The van der Waals surface area contributed by atoms with Gasteiger partial charge in [0.2, 0.25) is 0 Å². The summed E-state index contributed by atoms with van der Waals surface area (Å²) >= 11 is 0. The Kier molecular flexibility index (Phi) is 27.3. The average Bonchev–Trinajstić information content (AvgIpc) is 2.95. The Morgan fingerprint density at radius 3 is 1.75 bits per heavy atom. The fourth-order valence-corrected chi connectivity index (χ4v) is 4.31. The molecule has 1 atom stereocenters. The highest BCUT2D eigenvalue weighted by Crippen LogP contribution is 2.13. The topological polar surface area (TPSA) is 87.0 Å². The lowest BCUT2D eigenvalue weighted by Crippen LogP contribution is -3.00. The Balaban J connectivity index is 0.0000152. The number of pyridine rings is 1. The minimum atomic E-state index is -0.796. The zero-order valence-electron chi connectivity index (χ0n) is 25.1. The van der Waals surface area contributed by atoms with E-state index in [0.717, 1.165) is 12.8 Å². The molecule has 0 aliphatic rings. The van der Waals surface area contributed by atoms with Crippen molar-refractivity contribution in [2.45, 2.75) is 122 Å². The summed E-state index contributed by atoms with van der Waals surface area (Å²) in [5.74, 6) is 0. The fourth-order valence-electron chi connectivity index (χ4n) is 4.31. The van der Waals surface area contributed by atoms with Crippen LogP contribution in [-0.4, -0.2) is 51.8 Å². The molecule has 0 aromatic carbocycles. The van der Waals surface area contributed by atoms with Gasteiger partial charge in [0.1, 0.15) is 6.61 Å². The maximum Gasteiger partial charge on any atom is 0.508 e. The number of unbranched alkanes of at least 4 members (excludes halogenated alkanes) is 15. The van der Waals surface area contributed by atoms with Gasteiger partial charge in [0.15, 0.2) is 31.6 Å². The van der Waals surface area contributed by atoms with Gasteiger partial charge >= 0.3 is 12.2 Å². The number of aromatic nitrogens is 1. The van der Waals surface area contributed by atoms with E-state index < -0.39 is 18.4 Å². The molecule has 8 nitrogen and oxygen atoms in total. The van der Waals surface area contributed by atoms with Crippen molar-refractivity contribution in [2.75, 3.05) is 33.5 Å². The summed E-state index contributed by atoms with van der Waals surface area (Å²) in [7, 11) is 1.48. The van der Waals surface area contributed by atoms with Crippen LogP contribution in [0.3, 0.4) is 0 Å². The maximum atomic E-state index is 11.9. The number of hydrogen-bond acceptors (Lipinski definition) is 6. The highest BCUT2D eigenvalue weighted by atomic mass is 79.9. The van der Waals surface area contributed by atoms with Gasteiger partial charge < -0.3 is 41.2 Å². The van der Waals surface area contributed by atoms with Crippen molar-refractivity contribution in [3.05, 3.63) is 30.6 Å². The van der Waals surface area contributed by atoms with Crippen molar-refractivity contribution in [3.63, 3.8) is 0 Å². The molecule has 1 aromatic rings. The summed E-state index contributed by atoms with van der Waals surface area (Å²) in [5, 5.41) is 2.40. The van der Waals surface area contributed by atoms with Crippen LogP contribution in [0, 0.1) is 0 Å². The molecule has 0 fully saturated rings. The number of rotatable bonds is 25. The first-order valence-electron chi connectivity index (χ1n) is 15.4. The van der Waals surface area contributed by atoms with Crippen molar-refractivity contribution in [1.29, 1.82) is 0 Å². The van der Waals surface area contributed by atoms with Gasteiger partial charge in [0, 0.05) is 25.8 Å². The lowest BCUT2D eigenvalue weighted by molar-refractivity contribution is -0.698. The molecule has 9 heteroatoms. The number of carbonyl (C=O) groups excluding carboxylic acids is 2. The van der Waals surface area contributed by atoms with E-state index in [4.69, 9.17) is 18.9 Å². The van der Waals surface area contributed by atoms with Gasteiger partial charge in [-0.15, -0.1) is 0 Å². The third-order valence-electron chi connectivity index (χ3n) is 6.66. The molecule has 0 aliphatic heterocycles. The molecule has 0 aliphatic carbocycles. The number of nitrogens with zero attached hydrogens (tertiary/aromatic N) is 1. The number of carbonyl (C=O) groups is 2. The normalized spacial score (nSPS) is 11.3. The van der Waals surface area contributed by atoms with E-state index in [9.17, 15) is 9.59 Å². The molecular weight excluding hydrogens is 576 g/mol. The number of nitrogens with one attached hydrogen (secondary N) is 1. The van der Waals surface area contributed by atoms with Gasteiger partial charge in [0.05, 0.1) is 6.61 Å². The quantitative estimate of drug-likeness (QED) is 0.0993. The minimum absolute atomic E-state index is 0. The summed E-state index contributed by atoms with van der Waals surface area (Å²) in [5.41, 5.74) is 0. The zero-order valence-corrected chi connectivity index (χ0v) is 26.7. The molecule has 0 saturated heterocycles. The molecule has 1 N–H and O–H groups in total. The van der Waals surface area contributed by atoms with E-state index in [1.54, 1.807) is 0 Å². The highest BCUT2D eigenvalue weighted by molar-refractivity contribution is 5.67. The van der Waals surface area contributed by atoms with Gasteiger partial charge in [0.25, 0.3) is 0 Å². The Morgan fingerprint density at radius 2 is 1.23 bits per heavy atom. The van der Waals surface area contributed by atoms with Crippen molar-refractivity contribution < 1.29 is 50.1 Å². The van der Waals surface area contributed by atoms with E-state index in [1.807, 2.05) is 35.2 Å². The third-order valence-corrected chi connectivity index (χ3v) is 6.66. The second-order valence-corrected chi connectivity index (χ2v) is 10.2. The maximum absolute atomic E-state index is 11.9. The van der Waals surface area contributed by atoms with E-state index >= 15 is 0 Å². The standard InChI is InChI=1S/C31H54N2O6.BrH/c1-3-4-5-6-7-8-9-10-11-12-13-14-15-16-17-21-25-36-27-29(39-30(34)32-2)28-38-31(35)37-26-24-33-22-19-18-20-23-33;/h18-20,22-23,29H,3-17,21,24-28H2,1-2H3;1H/t29-;/m0./s1. The largest absolute Gasteiger partial charge is 1.00 e. The van der Waals surface area contributed by atoms with Crippen molar-refractivity contribution >= 4 is 12.2 Å². The van der Waals surface area contributed by atoms with Crippen LogP contribution in [0.4, 0.5) is 9.59 Å². The first-order chi connectivity index (χ1) is 19.2. The van der Waals surface area contributed by atoms with Crippen molar-refractivity contribution in [3.8, 4) is 0 Å². The van der Waals surface area contributed by atoms with Gasteiger partial charge in [-0.25, -0.2) is 14.2 Å². The van der Waals surface area contributed by atoms with Crippen LogP contribution in [0.15, 0.2) is 30.6 Å². The second kappa shape index (κ2) is 28.7. The molecule has 1 aromatic heterocycles. The van der Waals surface area contributed by atoms with E-state index in [1.165, 1.54) is 96.9 Å². The number of halogens is 1. The predicted molar refractivity (Wildman–Crippen MR) is 154 cm³/mol.